The summed E-state index contributed by atoms with van der Waals surface area (Å²) < 4.78 is 27.5. The first-order valence-corrected chi connectivity index (χ1v) is 8.08. The maximum absolute atomic E-state index is 12.4. The highest BCUT2D eigenvalue weighted by Gasteiger charge is 2.25. The van der Waals surface area contributed by atoms with Crippen LogP contribution < -0.4 is 15.8 Å². The molecule has 7 heteroatoms. The van der Waals surface area contributed by atoms with Gasteiger partial charge in [0.25, 0.3) is 0 Å². The van der Waals surface area contributed by atoms with Crippen LogP contribution in [-0.2, 0) is 14.8 Å². The summed E-state index contributed by atoms with van der Waals surface area (Å²) >= 11 is 0. The molecule has 0 bridgehead atoms. The van der Waals surface area contributed by atoms with Crippen molar-refractivity contribution in [3.8, 4) is 11.8 Å². The number of nitrogens with two attached hydrogens (primary N) is 1. The molecular formula is C14H17N3O3S. The molecule has 4 N–H and O–H groups in total. The molecule has 6 nitrogen and oxygen atoms in total. The number of amides is 1. The Balaban J connectivity index is 2.21. The van der Waals surface area contributed by atoms with E-state index in [0.717, 1.165) is 0 Å². The van der Waals surface area contributed by atoms with Crippen LogP contribution in [0.5, 0.6) is 0 Å². The molecule has 1 aliphatic heterocycles. The van der Waals surface area contributed by atoms with Gasteiger partial charge in [0.05, 0.1) is 11.4 Å². The Morgan fingerprint density at radius 2 is 2.14 bits per heavy atom. The second-order valence-electron chi connectivity index (χ2n) is 4.66. The van der Waals surface area contributed by atoms with Crippen LogP contribution >= 0.6 is 0 Å². The second-order valence-corrected chi connectivity index (χ2v) is 6.35. The molecule has 0 radical (unpaired) electrons. The number of sulfonamides is 1. The zero-order chi connectivity index (χ0) is 15.3. The molecular weight excluding hydrogens is 290 g/mol. The normalized spacial score (nSPS) is 18.5. The highest BCUT2D eigenvalue weighted by Crippen LogP contribution is 2.16. The van der Waals surface area contributed by atoms with E-state index < -0.39 is 10.0 Å². The quantitative estimate of drug-likeness (QED) is 0.659. The van der Waals surface area contributed by atoms with E-state index in [9.17, 15) is 13.2 Å². The number of hydrogen-bond acceptors (Lipinski definition) is 4. The Morgan fingerprint density at radius 3 is 2.81 bits per heavy atom. The van der Waals surface area contributed by atoms with Gasteiger partial charge >= 0.3 is 0 Å². The second kappa shape index (κ2) is 6.72. The summed E-state index contributed by atoms with van der Waals surface area (Å²) in [5, 5.41) is 2.64. The lowest BCUT2D eigenvalue weighted by atomic mass is 10.1. The summed E-state index contributed by atoms with van der Waals surface area (Å²) in [5.41, 5.74) is 5.73. The molecule has 1 saturated heterocycles. The van der Waals surface area contributed by atoms with Crippen molar-refractivity contribution < 1.29 is 13.2 Å². The van der Waals surface area contributed by atoms with E-state index in [1.54, 1.807) is 18.2 Å². The first-order valence-electron chi connectivity index (χ1n) is 6.60. The third-order valence-electron chi connectivity index (χ3n) is 3.09. The minimum atomic E-state index is -3.68. The van der Waals surface area contributed by atoms with Crippen LogP contribution in [0.15, 0.2) is 29.2 Å². The molecule has 112 valence electrons. The van der Waals surface area contributed by atoms with Crippen molar-refractivity contribution in [2.45, 2.75) is 23.8 Å². The minimum absolute atomic E-state index is 0.0559. The fourth-order valence-electron chi connectivity index (χ4n) is 2.07. The third kappa shape index (κ3) is 4.04. The molecule has 0 aromatic heterocycles. The van der Waals surface area contributed by atoms with Gasteiger partial charge < -0.3 is 11.1 Å². The van der Waals surface area contributed by atoms with E-state index in [1.807, 2.05) is 0 Å². The Bertz CT molecular complexity index is 679. The lowest BCUT2D eigenvalue weighted by Crippen LogP contribution is -2.47. The monoisotopic (exact) mass is 307 g/mol. The van der Waals surface area contributed by atoms with Gasteiger partial charge in [-0.2, -0.15) is 0 Å². The highest BCUT2D eigenvalue weighted by atomic mass is 32.2. The van der Waals surface area contributed by atoms with Crippen molar-refractivity contribution in [1.82, 2.24) is 10.0 Å². The van der Waals surface area contributed by atoms with Crippen LogP contribution in [0.2, 0.25) is 0 Å². The maximum atomic E-state index is 12.4. The van der Waals surface area contributed by atoms with Gasteiger partial charge in [0, 0.05) is 24.6 Å². The van der Waals surface area contributed by atoms with Crippen LogP contribution in [0.3, 0.4) is 0 Å². The van der Waals surface area contributed by atoms with Gasteiger partial charge in [0.1, 0.15) is 0 Å². The van der Waals surface area contributed by atoms with E-state index in [0.29, 0.717) is 24.9 Å². The van der Waals surface area contributed by atoms with E-state index in [4.69, 9.17) is 5.73 Å². The van der Waals surface area contributed by atoms with Crippen LogP contribution in [0.1, 0.15) is 18.4 Å². The summed E-state index contributed by atoms with van der Waals surface area (Å²) in [5.74, 6) is 5.36. The number of carbonyl (C=O) groups excluding carboxylic acids is 1. The standard InChI is InChI=1S/C14H17N3O3S/c15-9-3-5-11-4-1-2-6-13(11)21(19,20)17-12-7-8-14(18)16-10-12/h1-2,4,6,12,17H,7-10,15H2,(H,16,18). The van der Waals surface area contributed by atoms with E-state index in [1.165, 1.54) is 6.07 Å². The Labute approximate surface area is 124 Å². The first kappa shape index (κ1) is 15.5. The molecule has 1 atom stereocenters. The molecule has 1 fully saturated rings. The molecule has 1 aromatic rings. The summed E-state index contributed by atoms with van der Waals surface area (Å²) in [4.78, 5) is 11.2. The first-order chi connectivity index (χ1) is 10.0. The lowest BCUT2D eigenvalue weighted by molar-refractivity contribution is -0.122. The van der Waals surface area contributed by atoms with E-state index >= 15 is 0 Å². The molecule has 1 heterocycles. The largest absolute Gasteiger partial charge is 0.355 e. The molecule has 1 aromatic carbocycles. The van der Waals surface area contributed by atoms with Gasteiger partial charge in [-0.25, -0.2) is 13.1 Å². The fourth-order valence-corrected chi connectivity index (χ4v) is 3.50. The number of piperidine rings is 1. The topological polar surface area (TPSA) is 101 Å². The predicted molar refractivity (Wildman–Crippen MR) is 78.7 cm³/mol. The SMILES string of the molecule is NCC#Cc1ccccc1S(=O)(=O)NC1CCC(=O)NC1. The minimum Gasteiger partial charge on any atom is -0.355 e. The molecule has 0 saturated carbocycles. The third-order valence-corrected chi connectivity index (χ3v) is 4.67. The van der Waals surface area contributed by atoms with Crippen molar-refractivity contribution in [2.24, 2.45) is 5.73 Å². The maximum Gasteiger partial charge on any atom is 0.242 e. The molecule has 1 aliphatic rings. The average Bonchev–Trinajstić information content (AvgIpc) is 2.47. The molecule has 1 unspecified atom stereocenters. The summed E-state index contributed by atoms with van der Waals surface area (Å²) in [7, 11) is -3.68. The molecule has 1 amide bonds. The van der Waals surface area contributed by atoms with Crippen molar-refractivity contribution in [2.75, 3.05) is 13.1 Å². The zero-order valence-corrected chi connectivity index (χ0v) is 12.2. The fraction of sp³-hybridized carbons (Fsp3) is 0.357. The van der Waals surface area contributed by atoms with Crippen molar-refractivity contribution >= 4 is 15.9 Å². The zero-order valence-electron chi connectivity index (χ0n) is 11.4. The smallest absolute Gasteiger partial charge is 0.242 e. The molecule has 0 aliphatic carbocycles. The van der Waals surface area contributed by atoms with Gasteiger partial charge in [0.2, 0.25) is 15.9 Å². The van der Waals surface area contributed by atoms with Gasteiger partial charge in [-0.05, 0) is 18.6 Å². The number of nitrogens with one attached hydrogen (secondary N) is 2. The number of carbonyl (C=O) groups is 1. The Hall–Kier alpha value is -1.88. The van der Waals surface area contributed by atoms with Crippen molar-refractivity contribution in [3.05, 3.63) is 29.8 Å². The van der Waals surface area contributed by atoms with Crippen molar-refractivity contribution in [3.63, 3.8) is 0 Å². The van der Waals surface area contributed by atoms with Crippen LogP contribution in [0.25, 0.3) is 0 Å². The average molecular weight is 307 g/mol. The highest BCUT2D eigenvalue weighted by molar-refractivity contribution is 7.89. The summed E-state index contributed by atoms with van der Waals surface area (Å²) in [6.07, 6.45) is 0.809. The summed E-state index contributed by atoms with van der Waals surface area (Å²) in [6, 6.07) is 6.21. The Morgan fingerprint density at radius 1 is 1.38 bits per heavy atom. The van der Waals surface area contributed by atoms with Crippen LogP contribution in [0.4, 0.5) is 0 Å². The van der Waals surface area contributed by atoms with Crippen LogP contribution in [0, 0.1) is 11.8 Å². The molecule has 21 heavy (non-hydrogen) atoms. The van der Waals surface area contributed by atoms with Gasteiger partial charge in [-0.3, -0.25) is 4.79 Å². The summed E-state index contributed by atoms with van der Waals surface area (Å²) in [6.45, 7) is 0.463. The van der Waals surface area contributed by atoms with Crippen molar-refractivity contribution in [1.29, 1.82) is 0 Å². The molecule has 2 rings (SSSR count). The van der Waals surface area contributed by atoms with E-state index in [-0.39, 0.29) is 23.4 Å². The molecule has 0 spiro atoms. The Kier molecular flexibility index (Phi) is 4.96. The van der Waals surface area contributed by atoms with Crippen LogP contribution in [-0.4, -0.2) is 33.5 Å². The van der Waals surface area contributed by atoms with E-state index in [2.05, 4.69) is 21.9 Å². The number of benzene rings is 1. The lowest BCUT2D eigenvalue weighted by Gasteiger charge is -2.23. The van der Waals surface area contributed by atoms with Gasteiger partial charge in [0.15, 0.2) is 0 Å². The predicted octanol–water partition coefficient (Wildman–Crippen LogP) is -0.446. The van der Waals surface area contributed by atoms with Gasteiger partial charge in [-0.1, -0.05) is 24.0 Å². The number of hydrogen-bond donors (Lipinski definition) is 3. The number of rotatable bonds is 3. The van der Waals surface area contributed by atoms with Gasteiger partial charge in [-0.15, -0.1) is 0 Å².